The Morgan fingerprint density at radius 3 is 2.52 bits per heavy atom. The molecule has 1 N–H and O–H groups in total. The molecule has 0 unspecified atom stereocenters. The summed E-state index contributed by atoms with van der Waals surface area (Å²) in [6.07, 6.45) is 0. The highest BCUT2D eigenvalue weighted by Gasteiger charge is 2.27. The zero-order valence-corrected chi connectivity index (χ0v) is 10.8. The highest BCUT2D eigenvalue weighted by atomic mass is 19.1. The summed E-state index contributed by atoms with van der Waals surface area (Å²) in [5, 5.41) is 6.31. The van der Waals surface area contributed by atoms with Gasteiger partial charge in [0.15, 0.2) is 5.71 Å². The van der Waals surface area contributed by atoms with Crippen LogP contribution in [0, 0.1) is 11.6 Å². The maximum absolute atomic E-state index is 13.2. The maximum atomic E-state index is 13.2. The Balaban J connectivity index is 1.76. The van der Waals surface area contributed by atoms with E-state index in [4.69, 9.17) is 4.84 Å². The van der Waals surface area contributed by atoms with Crippen LogP contribution in [-0.4, -0.2) is 11.6 Å². The number of hydrogen-bond acceptors (Lipinski definition) is 3. The molecule has 0 radical (unpaired) electrons. The highest BCUT2D eigenvalue weighted by molar-refractivity contribution is 6.53. The summed E-state index contributed by atoms with van der Waals surface area (Å²) in [5.74, 6) is -1.25. The lowest BCUT2D eigenvalue weighted by Gasteiger charge is -2.01. The number of hydrogen-bond donors (Lipinski definition) is 1. The lowest BCUT2D eigenvalue weighted by Crippen LogP contribution is -2.14. The number of carbonyl (C=O) groups excluding carboxylic acids is 1. The molecule has 2 aromatic carbocycles. The number of oxime groups is 1. The first-order valence-corrected chi connectivity index (χ1v) is 6.19. The maximum Gasteiger partial charge on any atom is 0.278 e. The molecule has 106 valence electrons. The molecule has 0 atom stereocenters. The molecule has 0 aliphatic carbocycles. The Labute approximate surface area is 119 Å². The van der Waals surface area contributed by atoms with E-state index in [1.54, 1.807) is 12.1 Å². The first-order valence-electron chi connectivity index (χ1n) is 6.19. The summed E-state index contributed by atoms with van der Waals surface area (Å²) >= 11 is 0. The Bertz CT molecular complexity index is 727. The molecule has 0 fully saturated rings. The Morgan fingerprint density at radius 1 is 1.05 bits per heavy atom. The minimum absolute atomic E-state index is 0.0200. The van der Waals surface area contributed by atoms with Crippen LogP contribution in [0.1, 0.15) is 11.1 Å². The van der Waals surface area contributed by atoms with E-state index >= 15 is 0 Å². The fourth-order valence-corrected chi connectivity index (χ4v) is 1.97. The lowest BCUT2D eigenvalue weighted by atomic mass is 10.1. The van der Waals surface area contributed by atoms with E-state index in [2.05, 4.69) is 10.5 Å². The van der Waals surface area contributed by atoms with Gasteiger partial charge in [-0.15, -0.1) is 0 Å². The summed E-state index contributed by atoms with van der Waals surface area (Å²) in [4.78, 5) is 16.8. The van der Waals surface area contributed by atoms with Crippen LogP contribution in [0.4, 0.5) is 14.5 Å². The van der Waals surface area contributed by atoms with Crippen molar-refractivity contribution in [3.63, 3.8) is 0 Å². The van der Waals surface area contributed by atoms with Gasteiger partial charge in [0.2, 0.25) is 0 Å². The molecule has 1 aliphatic heterocycles. The van der Waals surface area contributed by atoms with Gasteiger partial charge in [-0.05, 0) is 35.9 Å². The number of halogens is 2. The van der Waals surface area contributed by atoms with Gasteiger partial charge in [0, 0.05) is 5.56 Å². The van der Waals surface area contributed by atoms with E-state index in [1.165, 1.54) is 30.3 Å². The van der Waals surface area contributed by atoms with Gasteiger partial charge < -0.3 is 10.2 Å². The molecule has 4 nitrogen and oxygen atoms in total. The van der Waals surface area contributed by atoms with Gasteiger partial charge in [-0.1, -0.05) is 17.3 Å². The average molecular weight is 288 g/mol. The number of anilines is 1. The second-order valence-electron chi connectivity index (χ2n) is 4.48. The fourth-order valence-electron chi connectivity index (χ4n) is 1.97. The second kappa shape index (κ2) is 5.32. The zero-order valence-electron chi connectivity index (χ0n) is 10.8. The topological polar surface area (TPSA) is 50.7 Å². The van der Waals surface area contributed by atoms with Crippen molar-refractivity contribution < 1.29 is 18.4 Å². The van der Waals surface area contributed by atoms with Crippen molar-refractivity contribution in [2.75, 3.05) is 5.32 Å². The second-order valence-corrected chi connectivity index (χ2v) is 4.48. The number of nitrogens with one attached hydrogen (secondary N) is 1. The third kappa shape index (κ3) is 2.74. The quantitative estimate of drug-likeness (QED) is 0.883. The van der Waals surface area contributed by atoms with E-state index in [0.29, 0.717) is 16.8 Å². The van der Waals surface area contributed by atoms with Crippen molar-refractivity contribution in [3.8, 4) is 0 Å². The standard InChI is InChI=1S/C15H10F2N2O2/c16-10-3-1-9(2-4-10)8-21-19-14-12-7-11(17)5-6-13(12)18-15(14)20/h1-7H,8H2,(H,18,19,20). The van der Waals surface area contributed by atoms with Gasteiger partial charge in [-0.25, -0.2) is 8.78 Å². The normalized spacial score (nSPS) is 15.0. The molecular formula is C15H10F2N2O2. The number of carbonyl (C=O) groups is 1. The van der Waals surface area contributed by atoms with Gasteiger partial charge in [0.05, 0.1) is 5.69 Å². The third-order valence-electron chi connectivity index (χ3n) is 3.00. The zero-order chi connectivity index (χ0) is 14.8. The van der Waals surface area contributed by atoms with E-state index in [0.717, 1.165) is 0 Å². The summed E-state index contributed by atoms with van der Waals surface area (Å²) in [7, 11) is 0. The molecule has 0 saturated carbocycles. The van der Waals surface area contributed by atoms with Gasteiger partial charge in [0.25, 0.3) is 5.91 Å². The van der Waals surface area contributed by atoms with Crippen LogP contribution in [0.5, 0.6) is 0 Å². The average Bonchev–Trinajstić information content (AvgIpc) is 2.77. The first-order chi connectivity index (χ1) is 10.1. The minimum Gasteiger partial charge on any atom is -0.390 e. The first kappa shape index (κ1) is 13.2. The Hall–Kier alpha value is -2.76. The van der Waals surface area contributed by atoms with Crippen molar-refractivity contribution in [1.29, 1.82) is 0 Å². The van der Waals surface area contributed by atoms with E-state index in [9.17, 15) is 13.6 Å². The van der Waals surface area contributed by atoms with Crippen LogP contribution in [0.2, 0.25) is 0 Å². The fraction of sp³-hybridized carbons (Fsp3) is 0.0667. The van der Waals surface area contributed by atoms with Crippen LogP contribution < -0.4 is 5.32 Å². The van der Waals surface area contributed by atoms with E-state index in [1.807, 2.05) is 0 Å². The molecule has 2 aromatic rings. The highest BCUT2D eigenvalue weighted by Crippen LogP contribution is 2.24. The van der Waals surface area contributed by atoms with Gasteiger partial charge in [-0.3, -0.25) is 4.79 Å². The van der Waals surface area contributed by atoms with Gasteiger partial charge >= 0.3 is 0 Å². The molecule has 21 heavy (non-hydrogen) atoms. The summed E-state index contributed by atoms with van der Waals surface area (Å²) in [6.45, 7) is 0.0850. The molecular weight excluding hydrogens is 278 g/mol. The summed E-state index contributed by atoms with van der Waals surface area (Å²) in [6, 6.07) is 9.65. The van der Waals surface area contributed by atoms with Crippen molar-refractivity contribution >= 4 is 17.3 Å². The predicted octanol–water partition coefficient (Wildman–Crippen LogP) is 2.84. The van der Waals surface area contributed by atoms with Crippen LogP contribution in [0.3, 0.4) is 0 Å². The molecule has 0 spiro atoms. The molecule has 1 aliphatic rings. The summed E-state index contributed by atoms with van der Waals surface area (Å²) in [5.41, 5.74) is 1.58. The number of nitrogens with zero attached hydrogens (tertiary/aromatic N) is 1. The largest absolute Gasteiger partial charge is 0.390 e. The van der Waals surface area contributed by atoms with Crippen molar-refractivity contribution in [2.45, 2.75) is 6.61 Å². The summed E-state index contributed by atoms with van der Waals surface area (Å²) < 4.78 is 26.0. The number of rotatable bonds is 3. The molecule has 6 heteroatoms. The lowest BCUT2D eigenvalue weighted by molar-refractivity contribution is -0.110. The third-order valence-corrected chi connectivity index (χ3v) is 3.00. The van der Waals surface area contributed by atoms with Crippen molar-refractivity contribution in [3.05, 3.63) is 65.2 Å². The number of amides is 1. The van der Waals surface area contributed by atoms with Gasteiger partial charge in [-0.2, -0.15) is 0 Å². The Kier molecular flexibility index (Phi) is 3.35. The van der Waals surface area contributed by atoms with Gasteiger partial charge in [0.1, 0.15) is 18.2 Å². The smallest absolute Gasteiger partial charge is 0.278 e. The van der Waals surface area contributed by atoms with E-state index in [-0.39, 0.29) is 18.1 Å². The monoisotopic (exact) mass is 288 g/mol. The molecule has 1 heterocycles. The van der Waals surface area contributed by atoms with Crippen LogP contribution in [0.25, 0.3) is 0 Å². The van der Waals surface area contributed by atoms with E-state index < -0.39 is 11.7 Å². The number of fused-ring (bicyclic) bond motifs is 1. The molecule has 1 amide bonds. The molecule has 0 bridgehead atoms. The SMILES string of the molecule is O=C1Nc2ccc(F)cc2/C1=N/OCc1ccc(F)cc1. The van der Waals surface area contributed by atoms with Crippen molar-refractivity contribution in [2.24, 2.45) is 5.16 Å². The van der Waals surface area contributed by atoms with Crippen LogP contribution in [-0.2, 0) is 16.2 Å². The van der Waals surface area contributed by atoms with Crippen LogP contribution >= 0.6 is 0 Å². The van der Waals surface area contributed by atoms with Crippen LogP contribution in [0.15, 0.2) is 47.6 Å². The molecule has 0 aromatic heterocycles. The molecule has 0 saturated heterocycles. The Morgan fingerprint density at radius 2 is 1.76 bits per heavy atom. The molecule has 3 rings (SSSR count). The van der Waals surface area contributed by atoms with Crippen molar-refractivity contribution in [1.82, 2.24) is 0 Å². The minimum atomic E-state index is -0.462. The predicted molar refractivity (Wildman–Crippen MR) is 72.8 cm³/mol. The number of benzene rings is 2.